The molecular formula is C12H12BrF2N3O. The molecular weight excluding hydrogens is 320 g/mol. The van der Waals surface area contributed by atoms with Crippen LogP contribution in [-0.2, 0) is 13.1 Å². The summed E-state index contributed by atoms with van der Waals surface area (Å²) in [7, 11) is 0. The third kappa shape index (κ3) is 4.29. The number of nitrogens with zero attached hydrogens (tertiary/aromatic N) is 1. The first-order valence-corrected chi connectivity index (χ1v) is 6.36. The van der Waals surface area contributed by atoms with E-state index >= 15 is 0 Å². The van der Waals surface area contributed by atoms with Crippen molar-refractivity contribution < 1.29 is 13.5 Å². The van der Waals surface area contributed by atoms with Crippen LogP contribution in [0.1, 0.15) is 11.4 Å². The van der Waals surface area contributed by atoms with Crippen molar-refractivity contribution >= 4 is 15.9 Å². The van der Waals surface area contributed by atoms with Crippen LogP contribution >= 0.6 is 15.9 Å². The normalized spacial score (nSPS) is 10.9. The molecule has 0 saturated carbocycles. The zero-order valence-electron chi connectivity index (χ0n) is 9.87. The third-order valence-corrected chi connectivity index (χ3v) is 2.89. The lowest BCUT2D eigenvalue weighted by Gasteiger charge is -2.11. The van der Waals surface area contributed by atoms with Crippen LogP contribution in [0.4, 0.5) is 8.78 Å². The number of aromatic nitrogens is 2. The van der Waals surface area contributed by atoms with Crippen molar-refractivity contribution in [3.63, 3.8) is 0 Å². The third-order valence-electron chi connectivity index (χ3n) is 2.40. The van der Waals surface area contributed by atoms with Crippen molar-refractivity contribution in [3.8, 4) is 5.75 Å². The van der Waals surface area contributed by atoms with Gasteiger partial charge in [-0.15, -0.1) is 0 Å². The number of benzene rings is 1. The molecule has 0 saturated heterocycles. The van der Waals surface area contributed by atoms with E-state index in [9.17, 15) is 8.78 Å². The first kappa shape index (κ1) is 14.0. The van der Waals surface area contributed by atoms with Gasteiger partial charge in [0, 0.05) is 29.0 Å². The summed E-state index contributed by atoms with van der Waals surface area (Å²) < 4.78 is 29.8. The quantitative estimate of drug-likeness (QED) is 0.855. The summed E-state index contributed by atoms with van der Waals surface area (Å²) >= 11 is 3.30. The van der Waals surface area contributed by atoms with Gasteiger partial charge in [-0.25, -0.2) is 4.98 Å². The molecule has 1 aromatic heterocycles. The number of imidazole rings is 1. The summed E-state index contributed by atoms with van der Waals surface area (Å²) in [6.45, 7) is -1.90. The molecule has 0 spiro atoms. The second-order valence-electron chi connectivity index (χ2n) is 3.77. The van der Waals surface area contributed by atoms with Crippen LogP contribution in [0.25, 0.3) is 0 Å². The molecule has 19 heavy (non-hydrogen) atoms. The Morgan fingerprint density at radius 2 is 2.21 bits per heavy atom. The van der Waals surface area contributed by atoms with Gasteiger partial charge < -0.3 is 15.0 Å². The van der Waals surface area contributed by atoms with Crippen LogP contribution < -0.4 is 10.1 Å². The molecule has 1 aromatic carbocycles. The van der Waals surface area contributed by atoms with Gasteiger partial charge in [-0.2, -0.15) is 8.78 Å². The van der Waals surface area contributed by atoms with E-state index in [0.29, 0.717) is 18.7 Å². The largest absolute Gasteiger partial charge is 0.434 e. The number of alkyl halides is 2. The first-order valence-electron chi connectivity index (χ1n) is 5.57. The SMILES string of the molecule is FC(F)Oc1ccc(Br)cc1CNCc1ncc[nH]1. The van der Waals surface area contributed by atoms with Gasteiger partial charge in [-0.1, -0.05) is 15.9 Å². The molecule has 2 rings (SSSR count). The van der Waals surface area contributed by atoms with E-state index in [2.05, 4.69) is 36.0 Å². The fourth-order valence-electron chi connectivity index (χ4n) is 1.61. The van der Waals surface area contributed by atoms with Crippen LogP contribution in [0.15, 0.2) is 35.1 Å². The van der Waals surface area contributed by atoms with Gasteiger partial charge in [0.15, 0.2) is 0 Å². The van der Waals surface area contributed by atoms with E-state index < -0.39 is 6.61 Å². The maximum absolute atomic E-state index is 12.3. The van der Waals surface area contributed by atoms with Crippen LogP contribution in [0.2, 0.25) is 0 Å². The second kappa shape index (κ2) is 6.63. The standard InChI is InChI=1S/C12H12BrF2N3O/c13-9-1-2-10(19-12(14)15)8(5-9)6-16-7-11-17-3-4-18-11/h1-5,12,16H,6-7H2,(H,17,18). The zero-order chi connectivity index (χ0) is 13.7. The number of hydrogen-bond acceptors (Lipinski definition) is 3. The van der Waals surface area contributed by atoms with E-state index in [0.717, 1.165) is 10.3 Å². The Labute approximate surface area is 117 Å². The number of nitrogens with one attached hydrogen (secondary N) is 2. The molecule has 0 radical (unpaired) electrons. The van der Waals surface area contributed by atoms with Crippen LogP contribution in [0.5, 0.6) is 5.75 Å². The molecule has 2 N–H and O–H groups in total. The van der Waals surface area contributed by atoms with Crippen LogP contribution in [0.3, 0.4) is 0 Å². The molecule has 2 aromatic rings. The molecule has 0 fully saturated rings. The molecule has 1 heterocycles. The minimum Gasteiger partial charge on any atom is -0.434 e. The molecule has 7 heteroatoms. The first-order chi connectivity index (χ1) is 9.15. The number of aromatic amines is 1. The van der Waals surface area contributed by atoms with Gasteiger partial charge in [-0.3, -0.25) is 0 Å². The van der Waals surface area contributed by atoms with Gasteiger partial charge in [0.25, 0.3) is 0 Å². The predicted octanol–water partition coefficient (Wildman–Crippen LogP) is 3.06. The smallest absolute Gasteiger partial charge is 0.387 e. The van der Waals surface area contributed by atoms with Gasteiger partial charge in [-0.05, 0) is 18.2 Å². The van der Waals surface area contributed by atoms with E-state index in [1.165, 1.54) is 6.07 Å². The van der Waals surface area contributed by atoms with Gasteiger partial charge in [0.05, 0.1) is 6.54 Å². The van der Waals surface area contributed by atoms with E-state index in [-0.39, 0.29) is 5.75 Å². The summed E-state index contributed by atoms with van der Waals surface area (Å²) in [5.74, 6) is 0.955. The van der Waals surface area contributed by atoms with E-state index in [1.54, 1.807) is 24.5 Å². The van der Waals surface area contributed by atoms with Crippen molar-refractivity contribution in [3.05, 3.63) is 46.5 Å². The second-order valence-corrected chi connectivity index (χ2v) is 4.69. The summed E-state index contributed by atoms with van der Waals surface area (Å²) in [4.78, 5) is 7.00. The summed E-state index contributed by atoms with van der Waals surface area (Å²) in [6.07, 6.45) is 3.38. The highest BCUT2D eigenvalue weighted by molar-refractivity contribution is 9.10. The zero-order valence-corrected chi connectivity index (χ0v) is 11.5. The monoisotopic (exact) mass is 331 g/mol. The molecule has 0 aliphatic heterocycles. The number of halogens is 3. The molecule has 4 nitrogen and oxygen atoms in total. The summed E-state index contributed by atoms with van der Waals surface area (Å²) in [5.41, 5.74) is 0.654. The fourth-order valence-corrected chi connectivity index (χ4v) is 2.02. The van der Waals surface area contributed by atoms with Crippen molar-refractivity contribution in [2.75, 3.05) is 0 Å². The fraction of sp³-hybridized carbons (Fsp3) is 0.250. The lowest BCUT2D eigenvalue weighted by Crippen LogP contribution is -2.15. The average molecular weight is 332 g/mol. The predicted molar refractivity (Wildman–Crippen MR) is 69.9 cm³/mol. The highest BCUT2D eigenvalue weighted by Crippen LogP contribution is 2.24. The van der Waals surface area contributed by atoms with Gasteiger partial charge >= 0.3 is 6.61 Å². The Hall–Kier alpha value is -1.47. The minimum atomic E-state index is -2.83. The molecule has 0 aliphatic carbocycles. The average Bonchev–Trinajstić information content (AvgIpc) is 2.85. The van der Waals surface area contributed by atoms with E-state index in [4.69, 9.17) is 0 Å². The number of hydrogen-bond donors (Lipinski definition) is 2. The molecule has 0 atom stereocenters. The molecule has 0 amide bonds. The molecule has 102 valence electrons. The maximum Gasteiger partial charge on any atom is 0.387 e. The van der Waals surface area contributed by atoms with Crippen molar-refractivity contribution in [1.29, 1.82) is 0 Å². The summed E-state index contributed by atoms with van der Waals surface area (Å²) in [6, 6.07) is 4.92. The molecule has 0 aliphatic rings. The Balaban J connectivity index is 1.99. The van der Waals surface area contributed by atoms with Crippen LogP contribution in [-0.4, -0.2) is 16.6 Å². The van der Waals surface area contributed by atoms with Crippen molar-refractivity contribution in [1.82, 2.24) is 15.3 Å². The highest BCUT2D eigenvalue weighted by atomic mass is 79.9. The summed E-state index contributed by atoms with van der Waals surface area (Å²) in [5, 5.41) is 3.11. The molecule has 0 bridgehead atoms. The topological polar surface area (TPSA) is 49.9 Å². The Bertz CT molecular complexity index is 520. The molecule has 0 unspecified atom stereocenters. The van der Waals surface area contributed by atoms with Gasteiger partial charge in [0.2, 0.25) is 0 Å². The van der Waals surface area contributed by atoms with Gasteiger partial charge in [0.1, 0.15) is 11.6 Å². The number of ether oxygens (including phenoxy) is 1. The highest BCUT2D eigenvalue weighted by Gasteiger charge is 2.10. The Morgan fingerprint density at radius 3 is 2.89 bits per heavy atom. The Kier molecular flexibility index (Phi) is 4.86. The lowest BCUT2D eigenvalue weighted by atomic mass is 10.2. The lowest BCUT2D eigenvalue weighted by molar-refractivity contribution is -0.0505. The van der Waals surface area contributed by atoms with Crippen LogP contribution in [0, 0.1) is 0 Å². The maximum atomic E-state index is 12.3. The van der Waals surface area contributed by atoms with Crippen molar-refractivity contribution in [2.24, 2.45) is 0 Å². The number of rotatable bonds is 6. The van der Waals surface area contributed by atoms with Crippen molar-refractivity contribution in [2.45, 2.75) is 19.7 Å². The van der Waals surface area contributed by atoms with E-state index in [1.807, 2.05) is 0 Å². The minimum absolute atomic E-state index is 0.171. The number of H-pyrrole nitrogens is 1. The Morgan fingerprint density at radius 1 is 1.37 bits per heavy atom.